The van der Waals surface area contributed by atoms with Crippen LogP contribution < -0.4 is 0 Å². The summed E-state index contributed by atoms with van der Waals surface area (Å²) < 4.78 is 5.18. The molecule has 2 heterocycles. The third-order valence-electron chi connectivity index (χ3n) is 2.94. The van der Waals surface area contributed by atoms with Crippen LogP contribution in [-0.4, -0.2) is 10.1 Å². The average Bonchev–Trinajstić information content (AvgIpc) is 2.85. The highest BCUT2D eigenvalue weighted by atomic mass is 16.5. The van der Waals surface area contributed by atoms with Gasteiger partial charge in [-0.05, 0) is 38.0 Å². The lowest BCUT2D eigenvalue weighted by molar-refractivity contribution is 0.393. The lowest BCUT2D eigenvalue weighted by Crippen LogP contribution is -1.90. The molecule has 16 heavy (non-hydrogen) atoms. The van der Waals surface area contributed by atoms with Crippen LogP contribution in [0.25, 0.3) is 17.2 Å². The summed E-state index contributed by atoms with van der Waals surface area (Å²) in [5, 5.41) is 3.97. The number of hydrogen-bond donors (Lipinski definition) is 0. The van der Waals surface area contributed by atoms with Crippen LogP contribution in [0.1, 0.15) is 22.7 Å². The van der Waals surface area contributed by atoms with E-state index in [0.29, 0.717) is 0 Å². The van der Waals surface area contributed by atoms with Crippen molar-refractivity contribution >= 4 is 6.08 Å². The molecule has 2 aromatic rings. The molecule has 1 aliphatic carbocycles. The summed E-state index contributed by atoms with van der Waals surface area (Å²) in [5.74, 6) is 0.852. The Balaban J connectivity index is 2.15. The number of fused-ring (bicyclic) bond motifs is 1. The van der Waals surface area contributed by atoms with Gasteiger partial charge in [0, 0.05) is 17.3 Å². The summed E-state index contributed by atoms with van der Waals surface area (Å²) >= 11 is 0. The predicted molar refractivity (Wildman–Crippen MR) is 61.9 cm³/mol. The van der Waals surface area contributed by atoms with Gasteiger partial charge in [-0.2, -0.15) is 0 Å². The summed E-state index contributed by atoms with van der Waals surface area (Å²) in [6.45, 7) is 3.89. The van der Waals surface area contributed by atoms with E-state index in [2.05, 4.69) is 28.4 Å². The molecule has 0 N–H and O–H groups in total. The first-order chi connectivity index (χ1) is 7.75. The molecular formula is C13H12N2O. The first-order valence-electron chi connectivity index (χ1n) is 5.34. The molecule has 0 saturated heterocycles. The Kier molecular flexibility index (Phi) is 1.93. The number of rotatable bonds is 1. The molecule has 0 bridgehead atoms. The second-order valence-electron chi connectivity index (χ2n) is 4.07. The molecule has 0 atom stereocenters. The van der Waals surface area contributed by atoms with E-state index < -0.39 is 0 Å². The Morgan fingerprint density at radius 1 is 1.31 bits per heavy atom. The molecule has 3 heteroatoms. The minimum atomic E-state index is 0.852. The molecule has 0 saturated carbocycles. The molecule has 2 aromatic heterocycles. The number of pyridine rings is 1. The van der Waals surface area contributed by atoms with Crippen molar-refractivity contribution in [3.05, 3.63) is 41.1 Å². The maximum absolute atomic E-state index is 5.18. The van der Waals surface area contributed by atoms with Gasteiger partial charge in [-0.1, -0.05) is 11.2 Å². The zero-order valence-corrected chi connectivity index (χ0v) is 9.32. The zero-order chi connectivity index (χ0) is 11.1. The molecule has 3 nitrogen and oxygen atoms in total. The van der Waals surface area contributed by atoms with Gasteiger partial charge in [-0.25, -0.2) is 0 Å². The summed E-state index contributed by atoms with van der Waals surface area (Å²) in [4.78, 5) is 4.44. The van der Waals surface area contributed by atoms with Gasteiger partial charge in [0.2, 0.25) is 0 Å². The second kappa shape index (κ2) is 3.30. The highest BCUT2D eigenvalue weighted by Gasteiger charge is 2.14. The molecule has 1 aliphatic rings. The van der Waals surface area contributed by atoms with Gasteiger partial charge in [0.05, 0.1) is 11.4 Å². The quantitative estimate of drug-likeness (QED) is 0.729. The second-order valence-corrected chi connectivity index (χ2v) is 4.07. The maximum Gasteiger partial charge on any atom is 0.141 e. The molecule has 80 valence electrons. The molecule has 0 spiro atoms. The fourth-order valence-corrected chi connectivity index (χ4v) is 2.16. The van der Waals surface area contributed by atoms with Crippen LogP contribution in [0.4, 0.5) is 0 Å². The Hall–Kier alpha value is -1.90. The molecule has 0 amide bonds. The van der Waals surface area contributed by atoms with Crippen LogP contribution in [0.2, 0.25) is 0 Å². The average molecular weight is 212 g/mol. The van der Waals surface area contributed by atoms with E-state index in [9.17, 15) is 0 Å². The molecule has 0 radical (unpaired) electrons. The van der Waals surface area contributed by atoms with Crippen molar-refractivity contribution in [2.75, 3.05) is 0 Å². The Morgan fingerprint density at radius 2 is 2.19 bits per heavy atom. The Labute approximate surface area is 93.8 Å². The van der Waals surface area contributed by atoms with Gasteiger partial charge >= 0.3 is 0 Å². The van der Waals surface area contributed by atoms with E-state index in [1.54, 1.807) is 0 Å². The van der Waals surface area contributed by atoms with Crippen LogP contribution in [0.5, 0.6) is 0 Å². The van der Waals surface area contributed by atoms with E-state index in [0.717, 1.165) is 34.7 Å². The van der Waals surface area contributed by atoms with Gasteiger partial charge in [0.25, 0.3) is 0 Å². The van der Waals surface area contributed by atoms with Crippen molar-refractivity contribution in [1.29, 1.82) is 0 Å². The van der Waals surface area contributed by atoms with Crippen molar-refractivity contribution in [2.45, 2.75) is 20.3 Å². The molecule has 0 unspecified atom stereocenters. The number of allylic oxidation sites excluding steroid dienone is 1. The lowest BCUT2D eigenvalue weighted by atomic mass is 10.0. The largest absolute Gasteiger partial charge is 0.361 e. The third kappa shape index (κ3) is 1.28. The molecule has 3 rings (SSSR count). The van der Waals surface area contributed by atoms with E-state index in [1.165, 1.54) is 5.56 Å². The Morgan fingerprint density at radius 3 is 2.94 bits per heavy atom. The molecule has 0 fully saturated rings. The normalized spacial score (nSPS) is 13.1. The number of hydrogen-bond acceptors (Lipinski definition) is 3. The van der Waals surface area contributed by atoms with Crippen LogP contribution in [0.3, 0.4) is 0 Å². The third-order valence-corrected chi connectivity index (χ3v) is 2.94. The lowest BCUT2D eigenvalue weighted by Gasteiger charge is -2.03. The van der Waals surface area contributed by atoms with Gasteiger partial charge in [-0.15, -0.1) is 0 Å². The summed E-state index contributed by atoms with van der Waals surface area (Å²) in [6.07, 6.45) is 7.06. The van der Waals surface area contributed by atoms with E-state index in [-0.39, 0.29) is 0 Å². The van der Waals surface area contributed by atoms with Crippen LogP contribution >= 0.6 is 0 Å². The maximum atomic E-state index is 5.18. The summed E-state index contributed by atoms with van der Waals surface area (Å²) in [7, 11) is 0. The first kappa shape index (κ1) is 9.33. The monoisotopic (exact) mass is 212 g/mol. The first-order valence-corrected chi connectivity index (χ1v) is 5.34. The topological polar surface area (TPSA) is 38.9 Å². The minimum Gasteiger partial charge on any atom is -0.361 e. The fourth-order valence-electron chi connectivity index (χ4n) is 2.16. The van der Waals surface area contributed by atoms with Crippen molar-refractivity contribution in [1.82, 2.24) is 10.1 Å². The highest BCUT2D eigenvalue weighted by Crippen LogP contribution is 2.29. The molecular weight excluding hydrogens is 200 g/mol. The standard InChI is InChI=1S/C13H12N2O/c1-8-13(9(2)16-15-8)11-6-10-4-3-5-12(10)14-7-11/h3,5-7H,4H2,1-2H3. The van der Waals surface area contributed by atoms with E-state index >= 15 is 0 Å². The smallest absolute Gasteiger partial charge is 0.141 e. The van der Waals surface area contributed by atoms with Gasteiger partial charge in [-0.3, -0.25) is 4.98 Å². The number of aryl methyl sites for hydroxylation is 2. The van der Waals surface area contributed by atoms with Gasteiger partial charge < -0.3 is 4.52 Å². The van der Waals surface area contributed by atoms with Crippen molar-refractivity contribution < 1.29 is 4.52 Å². The SMILES string of the molecule is Cc1noc(C)c1-c1cnc2c(c1)CC=C2. The molecule has 0 aliphatic heterocycles. The van der Waals surface area contributed by atoms with E-state index in [4.69, 9.17) is 4.52 Å². The minimum absolute atomic E-state index is 0.852. The summed E-state index contributed by atoms with van der Waals surface area (Å²) in [5.41, 5.74) is 5.44. The number of aromatic nitrogens is 2. The van der Waals surface area contributed by atoms with Crippen molar-refractivity contribution in [3.63, 3.8) is 0 Å². The summed E-state index contributed by atoms with van der Waals surface area (Å²) in [6, 6.07) is 2.18. The van der Waals surface area contributed by atoms with Crippen molar-refractivity contribution in [3.8, 4) is 11.1 Å². The highest BCUT2D eigenvalue weighted by molar-refractivity contribution is 5.70. The van der Waals surface area contributed by atoms with Gasteiger partial charge in [0.1, 0.15) is 5.76 Å². The zero-order valence-electron chi connectivity index (χ0n) is 9.32. The predicted octanol–water partition coefficient (Wildman–Crippen LogP) is 2.92. The van der Waals surface area contributed by atoms with Gasteiger partial charge in [0.15, 0.2) is 0 Å². The fraction of sp³-hybridized carbons (Fsp3) is 0.231. The Bertz CT molecular complexity index is 562. The molecule has 0 aromatic carbocycles. The van der Waals surface area contributed by atoms with Crippen molar-refractivity contribution in [2.24, 2.45) is 0 Å². The van der Waals surface area contributed by atoms with E-state index in [1.807, 2.05) is 20.0 Å². The van der Waals surface area contributed by atoms with Crippen LogP contribution in [0.15, 0.2) is 22.9 Å². The van der Waals surface area contributed by atoms with Crippen LogP contribution in [0, 0.1) is 13.8 Å². The van der Waals surface area contributed by atoms with Crippen LogP contribution in [-0.2, 0) is 6.42 Å². The number of nitrogens with zero attached hydrogens (tertiary/aromatic N) is 2.